The summed E-state index contributed by atoms with van der Waals surface area (Å²) in [6.45, 7) is -0.656. The first-order valence-corrected chi connectivity index (χ1v) is 3.72. The van der Waals surface area contributed by atoms with Gasteiger partial charge in [-0.1, -0.05) is 0 Å². The Morgan fingerprint density at radius 1 is 1.20 bits per heavy atom. The molecule has 0 fully saturated rings. The van der Waals surface area contributed by atoms with Gasteiger partial charge in [0.05, 0.1) is 0 Å². The molecule has 3 nitrogen and oxygen atoms in total. The smallest absolute Gasteiger partial charge is 0.203 e. The summed E-state index contributed by atoms with van der Waals surface area (Å²) in [5, 5.41) is 6.71. The Balaban J connectivity index is 3.09. The van der Waals surface area contributed by atoms with Gasteiger partial charge in [-0.05, 0) is 0 Å². The molecule has 0 saturated heterocycles. The zero-order valence-electron chi connectivity index (χ0n) is 7.28. The van der Waals surface area contributed by atoms with E-state index in [2.05, 4.69) is 4.74 Å². The summed E-state index contributed by atoms with van der Waals surface area (Å²) >= 11 is 0. The van der Waals surface area contributed by atoms with Crippen molar-refractivity contribution in [2.24, 2.45) is 5.73 Å². The van der Waals surface area contributed by atoms with Gasteiger partial charge in [0.1, 0.15) is 12.4 Å². The van der Waals surface area contributed by atoms with Gasteiger partial charge in [0.25, 0.3) is 0 Å². The summed E-state index contributed by atoms with van der Waals surface area (Å²) < 4.78 is 55.3. The van der Waals surface area contributed by atoms with Crippen LogP contribution in [0.2, 0.25) is 0 Å². The number of rotatable bonds is 3. The maximum absolute atomic E-state index is 12.9. The molecule has 0 spiro atoms. The fourth-order valence-corrected chi connectivity index (χ4v) is 0.828. The standard InChI is InChI=1S/C8H6F4N2O/c9-3-1-4(10)7(12)8(6(3)11)15-2-5(13)14/h1H,2H2,(H3,13,14). The highest BCUT2D eigenvalue weighted by atomic mass is 19.2. The van der Waals surface area contributed by atoms with Gasteiger partial charge in [-0.25, -0.2) is 8.78 Å². The molecule has 7 heteroatoms. The number of benzene rings is 1. The lowest BCUT2D eigenvalue weighted by Gasteiger charge is -2.08. The van der Waals surface area contributed by atoms with E-state index in [1.165, 1.54) is 0 Å². The van der Waals surface area contributed by atoms with Crippen molar-refractivity contribution in [2.75, 3.05) is 6.61 Å². The Hall–Kier alpha value is -1.79. The Labute approximate surface area is 82.0 Å². The number of hydrogen-bond acceptors (Lipinski definition) is 2. The third-order valence-electron chi connectivity index (χ3n) is 1.44. The quantitative estimate of drug-likeness (QED) is 0.353. The van der Waals surface area contributed by atoms with Crippen LogP contribution in [0, 0.1) is 28.7 Å². The molecule has 15 heavy (non-hydrogen) atoms. The summed E-state index contributed by atoms with van der Waals surface area (Å²) in [6.07, 6.45) is 0. The molecule has 3 N–H and O–H groups in total. The average molecular weight is 222 g/mol. The van der Waals surface area contributed by atoms with Crippen LogP contribution in [0.4, 0.5) is 17.6 Å². The Bertz CT molecular complexity index is 382. The molecule has 0 radical (unpaired) electrons. The normalized spacial score (nSPS) is 10.1. The second-order valence-electron chi connectivity index (χ2n) is 2.61. The predicted molar refractivity (Wildman–Crippen MR) is 43.7 cm³/mol. The van der Waals surface area contributed by atoms with Gasteiger partial charge < -0.3 is 10.5 Å². The van der Waals surface area contributed by atoms with E-state index in [4.69, 9.17) is 11.1 Å². The maximum Gasteiger partial charge on any atom is 0.203 e. The van der Waals surface area contributed by atoms with Crippen molar-refractivity contribution >= 4 is 5.84 Å². The number of nitrogens with one attached hydrogen (secondary N) is 1. The van der Waals surface area contributed by atoms with Crippen LogP contribution < -0.4 is 10.5 Å². The topological polar surface area (TPSA) is 59.1 Å². The number of nitrogens with two attached hydrogens (primary N) is 1. The zero-order valence-corrected chi connectivity index (χ0v) is 7.28. The second-order valence-corrected chi connectivity index (χ2v) is 2.61. The molecule has 0 heterocycles. The Morgan fingerprint density at radius 3 is 2.07 bits per heavy atom. The van der Waals surface area contributed by atoms with Crippen LogP contribution in [0.3, 0.4) is 0 Å². The molecule has 82 valence electrons. The minimum atomic E-state index is -1.66. The van der Waals surface area contributed by atoms with Crippen LogP contribution in [0.15, 0.2) is 6.07 Å². The van der Waals surface area contributed by atoms with Crippen molar-refractivity contribution in [2.45, 2.75) is 0 Å². The molecule has 0 amide bonds. The molecule has 1 aromatic rings. The molecular weight excluding hydrogens is 216 g/mol. The van der Waals surface area contributed by atoms with E-state index in [-0.39, 0.29) is 6.07 Å². The van der Waals surface area contributed by atoms with Crippen molar-refractivity contribution in [3.05, 3.63) is 29.3 Å². The fourth-order valence-electron chi connectivity index (χ4n) is 0.828. The predicted octanol–water partition coefficient (Wildman–Crippen LogP) is 1.56. The molecule has 0 aliphatic heterocycles. The van der Waals surface area contributed by atoms with Crippen LogP contribution in [0.1, 0.15) is 0 Å². The van der Waals surface area contributed by atoms with Crippen LogP contribution in [0.5, 0.6) is 5.75 Å². The van der Waals surface area contributed by atoms with Gasteiger partial charge in [-0.3, -0.25) is 5.41 Å². The van der Waals surface area contributed by atoms with Gasteiger partial charge in [0.2, 0.25) is 11.6 Å². The molecule has 1 rings (SSSR count). The third-order valence-corrected chi connectivity index (χ3v) is 1.44. The lowest BCUT2D eigenvalue weighted by Crippen LogP contribution is -2.20. The Kier molecular flexibility index (Phi) is 3.13. The van der Waals surface area contributed by atoms with Crippen molar-refractivity contribution in [3.63, 3.8) is 0 Å². The van der Waals surface area contributed by atoms with Crippen molar-refractivity contribution in [1.82, 2.24) is 0 Å². The van der Waals surface area contributed by atoms with Gasteiger partial charge in [0, 0.05) is 6.07 Å². The van der Waals surface area contributed by atoms with E-state index in [0.717, 1.165) is 0 Å². The lowest BCUT2D eigenvalue weighted by atomic mass is 10.3. The van der Waals surface area contributed by atoms with Gasteiger partial charge in [-0.15, -0.1) is 0 Å². The maximum atomic E-state index is 12.9. The Morgan fingerprint density at radius 2 is 1.67 bits per heavy atom. The first-order valence-electron chi connectivity index (χ1n) is 3.72. The summed E-state index contributed by atoms with van der Waals surface area (Å²) in [5.74, 6) is -8.22. The molecular formula is C8H6F4N2O. The van der Waals surface area contributed by atoms with E-state index in [9.17, 15) is 17.6 Å². The minimum Gasteiger partial charge on any atom is -0.479 e. The van der Waals surface area contributed by atoms with E-state index in [1.807, 2.05) is 0 Å². The fraction of sp³-hybridized carbons (Fsp3) is 0.125. The molecule has 0 aliphatic rings. The van der Waals surface area contributed by atoms with Crippen LogP contribution in [-0.4, -0.2) is 12.4 Å². The SMILES string of the molecule is N=C(N)COc1c(F)c(F)cc(F)c1F. The largest absolute Gasteiger partial charge is 0.479 e. The molecule has 1 aromatic carbocycles. The summed E-state index contributed by atoms with van der Waals surface area (Å²) in [4.78, 5) is 0. The third kappa shape index (κ3) is 2.36. The first-order chi connectivity index (χ1) is 6.93. The van der Waals surface area contributed by atoms with Gasteiger partial charge in [0.15, 0.2) is 17.4 Å². The lowest BCUT2D eigenvalue weighted by molar-refractivity contribution is 0.309. The number of amidine groups is 1. The highest BCUT2D eigenvalue weighted by molar-refractivity contribution is 5.78. The number of halogens is 4. The summed E-state index contributed by atoms with van der Waals surface area (Å²) in [6, 6.07) is 0.0608. The second kappa shape index (κ2) is 4.16. The van der Waals surface area contributed by atoms with Crippen molar-refractivity contribution < 1.29 is 22.3 Å². The van der Waals surface area contributed by atoms with E-state index in [1.54, 1.807) is 0 Å². The van der Waals surface area contributed by atoms with Gasteiger partial charge >= 0.3 is 0 Å². The van der Waals surface area contributed by atoms with E-state index in [0.29, 0.717) is 0 Å². The first kappa shape index (κ1) is 11.3. The molecule has 0 aliphatic carbocycles. The van der Waals surface area contributed by atoms with E-state index >= 15 is 0 Å². The molecule has 0 saturated carbocycles. The average Bonchev–Trinajstić information content (AvgIpc) is 2.14. The minimum absolute atomic E-state index is 0.0608. The van der Waals surface area contributed by atoms with E-state index < -0.39 is 41.5 Å². The molecule has 0 bridgehead atoms. The summed E-state index contributed by atoms with van der Waals surface area (Å²) in [5.41, 5.74) is 4.84. The monoisotopic (exact) mass is 222 g/mol. The molecule has 0 unspecified atom stereocenters. The van der Waals surface area contributed by atoms with Crippen LogP contribution >= 0.6 is 0 Å². The van der Waals surface area contributed by atoms with Crippen LogP contribution in [-0.2, 0) is 0 Å². The van der Waals surface area contributed by atoms with Crippen molar-refractivity contribution in [3.8, 4) is 5.75 Å². The number of ether oxygens (including phenoxy) is 1. The zero-order chi connectivity index (χ0) is 11.6. The van der Waals surface area contributed by atoms with Gasteiger partial charge in [-0.2, -0.15) is 8.78 Å². The number of hydrogen-bond donors (Lipinski definition) is 2. The molecule has 0 atom stereocenters. The highest BCUT2D eigenvalue weighted by Gasteiger charge is 2.20. The molecule has 0 aromatic heterocycles. The highest BCUT2D eigenvalue weighted by Crippen LogP contribution is 2.26. The van der Waals surface area contributed by atoms with Crippen LogP contribution in [0.25, 0.3) is 0 Å². The van der Waals surface area contributed by atoms with Crippen molar-refractivity contribution in [1.29, 1.82) is 5.41 Å². The summed E-state index contributed by atoms with van der Waals surface area (Å²) in [7, 11) is 0.